The predicted octanol–water partition coefficient (Wildman–Crippen LogP) is 1.21. The number of rotatable bonds is 3. The molecule has 0 atom stereocenters. The van der Waals surface area contributed by atoms with Crippen LogP contribution >= 0.6 is 0 Å². The Hall–Kier alpha value is -1.16. The molecule has 1 saturated carbocycles. The van der Waals surface area contributed by atoms with Gasteiger partial charge in [0.05, 0.1) is 0 Å². The number of aromatic nitrogens is 2. The summed E-state index contributed by atoms with van der Waals surface area (Å²) in [7, 11) is 0. The summed E-state index contributed by atoms with van der Waals surface area (Å²) < 4.78 is 1.68. The van der Waals surface area contributed by atoms with Gasteiger partial charge in [0.25, 0.3) is 0 Å². The summed E-state index contributed by atoms with van der Waals surface area (Å²) in [6.45, 7) is 0.559. The molecule has 1 aromatic rings. The zero-order chi connectivity index (χ0) is 10.7. The average Bonchev–Trinajstić information content (AvgIpc) is 2.87. The Morgan fingerprint density at radius 1 is 1.53 bits per heavy atom. The molecule has 0 saturated heterocycles. The predicted molar refractivity (Wildman–Crippen MR) is 57.6 cm³/mol. The third-order valence-electron chi connectivity index (χ3n) is 3.06. The standard InChI is InChI=1S/C11H17N3O/c12-6-5-10-7-13-8-14(10)11(15)9-3-1-2-4-9/h7-9H,1-6,12H2. The van der Waals surface area contributed by atoms with Gasteiger partial charge in [-0.3, -0.25) is 9.36 Å². The van der Waals surface area contributed by atoms with Gasteiger partial charge in [0.15, 0.2) is 0 Å². The maximum absolute atomic E-state index is 12.1. The second-order valence-corrected chi connectivity index (χ2v) is 4.11. The number of carbonyl (C=O) groups is 1. The van der Waals surface area contributed by atoms with Crippen LogP contribution in [0.5, 0.6) is 0 Å². The van der Waals surface area contributed by atoms with E-state index in [-0.39, 0.29) is 11.8 Å². The minimum atomic E-state index is 0.202. The summed E-state index contributed by atoms with van der Waals surface area (Å²) in [6, 6.07) is 0. The van der Waals surface area contributed by atoms with Gasteiger partial charge in [-0.15, -0.1) is 0 Å². The highest BCUT2D eigenvalue weighted by atomic mass is 16.2. The van der Waals surface area contributed by atoms with E-state index in [0.29, 0.717) is 6.54 Å². The normalized spacial score (nSPS) is 17.1. The van der Waals surface area contributed by atoms with E-state index in [1.807, 2.05) is 0 Å². The summed E-state index contributed by atoms with van der Waals surface area (Å²) in [5, 5.41) is 0. The van der Waals surface area contributed by atoms with Gasteiger partial charge in [-0.1, -0.05) is 12.8 Å². The molecule has 0 spiro atoms. The molecule has 0 bridgehead atoms. The van der Waals surface area contributed by atoms with Crippen LogP contribution in [0.3, 0.4) is 0 Å². The van der Waals surface area contributed by atoms with Gasteiger partial charge in [0.1, 0.15) is 6.33 Å². The molecule has 0 aliphatic heterocycles. The second kappa shape index (κ2) is 4.57. The smallest absolute Gasteiger partial charge is 0.235 e. The third kappa shape index (κ3) is 2.09. The van der Waals surface area contributed by atoms with E-state index in [9.17, 15) is 4.79 Å². The zero-order valence-corrected chi connectivity index (χ0v) is 8.85. The van der Waals surface area contributed by atoms with Crippen molar-refractivity contribution >= 4 is 5.91 Å². The molecule has 15 heavy (non-hydrogen) atoms. The van der Waals surface area contributed by atoms with Crippen LogP contribution in [0.2, 0.25) is 0 Å². The van der Waals surface area contributed by atoms with Crippen LogP contribution < -0.4 is 5.73 Å². The number of hydrogen-bond donors (Lipinski definition) is 1. The first-order valence-electron chi connectivity index (χ1n) is 5.58. The molecule has 0 unspecified atom stereocenters. The monoisotopic (exact) mass is 207 g/mol. The molecule has 2 N–H and O–H groups in total. The van der Waals surface area contributed by atoms with Crippen LogP contribution in [0.4, 0.5) is 0 Å². The molecule has 1 fully saturated rings. The highest BCUT2D eigenvalue weighted by Crippen LogP contribution is 2.26. The van der Waals surface area contributed by atoms with E-state index in [0.717, 1.165) is 25.0 Å². The minimum absolute atomic E-state index is 0.202. The van der Waals surface area contributed by atoms with Crippen molar-refractivity contribution in [3.05, 3.63) is 18.2 Å². The van der Waals surface area contributed by atoms with Crippen LogP contribution in [0.1, 0.15) is 36.2 Å². The Bertz CT molecular complexity index is 339. The Labute approximate surface area is 89.5 Å². The Morgan fingerprint density at radius 3 is 2.93 bits per heavy atom. The first-order valence-corrected chi connectivity index (χ1v) is 5.58. The average molecular weight is 207 g/mol. The van der Waals surface area contributed by atoms with Crippen molar-refractivity contribution in [1.82, 2.24) is 9.55 Å². The van der Waals surface area contributed by atoms with Gasteiger partial charge in [0.2, 0.25) is 5.91 Å². The van der Waals surface area contributed by atoms with Crippen LogP contribution in [-0.2, 0) is 6.42 Å². The van der Waals surface area contributed by atoms with E-state index >= 15 is 0 Å². The Morgan fingerprint density at radius 2 is 2.27 bits per heavy atom. The molecule has 0 radical (unpaired) electrons. The molecule has 4 heteroatoms. The van der Waals surface area contributed by atoms with Crippen molar-refractivity contribution in [1.29, 1.82) is 0 Å². The minimum Gasteiger partial charge on any atom is -0.330 e. The molecular formula is C11H17N3O. The molecule has 1 aromatic heterocycles. The van der Waals surface area contributed by atoms with E-state index < -0.39 is 0 Å². The molecule has 4 nitrogen and oxygen atoms in total. The lowest BCUT2D eigenvalue weighted by Crippen LogP contribution is -2.21. The third-order valence-corrected chi connectivity index (χ3v) is 3.06. The van der Waals surface area contributed by atoms with Crippen LogP contribution in [0.15, 0.2) is 12.5 Å². The summed E-state index contributed by atoms with van der Waals surface area (Å²) >= 11 is 0. The molecule has 0 amide bonds. The van der Waals surface area contributed by atoms with E-state index in [1.54, 1.807) is 17.1 Å². The quantitative estimate of drug-likeness (QED) is 0.810. The number of nitrogens with zero attached hydrogens (tertiary/aromatic N) is 2. The summed E-state index contributed by atoms with van der Waals surface area (Å²) in [4.78, 5) is 16.1. The van der Waals surface area contributed by atoms with E-state index in [1.165, 1.54) is 12.8 Å². The van der Waals surface area contributed by atoms with Crippen LogP contribution in [0.25, 0.3) is 0 Å². The van der Waals surface area contributed by atoms with Crippen molar-refractivity contribution in [2.24, 2.45) is 11.7 Å². The molecule has 0 aromatic carbocycles. The van der Waals surface area contributed by atoms with Crippen molar-refractivity contribution in [2.75, 3.05) is 6.54 Å². The van der Waals surface area contributed by atoms with Crippen molar-refractivity contribution in [3.8, 4) is 0 Å². The molecule has 1 aliphatic carbocycles. The lowest BCUT2D eigenvalue weighted by molar-refractivity contribution is 0.0833. The molecule has 1 aliphatic rings. The van der Waals surface area contributed by atoms with Crippen molar-refractivity contribution in [2.45, 2.75) is 32.1 Å². The lowest BCUT2D eigenvalue weighted by atomic mass is 10.1. The van der Waals surface area contributed by atoms with E-state index in [4.69, 9.17) is 5.73 Å². The first-order chi connectivity index (χ1) is 7.33. The maximum Gasteiger partial charge on any atom is 0.235 e. The lowest BCUT2D eigenvalue weighted by Gasteiger charge is -2.10. The van der Waals surface area contributed by atoms with Gasteiger partial charge >= 0.3 is 0 Å². The topological polar surface area (TPSA) is 60.9 Å². The summed E-state index contributed by atoms with van der Waals surface area (Å²) in [6.07, 6.45) is 8.48. The van der Waals surface area contributed by atoms with Gasteiger partial charge in [-0.25, -0.2) is 4.98 Å². The Kier molecular flexibility index (Phi) is 3.16. The van der Waals surface area contributed by atoms with Gasteiger partial charge in [-0.2, -0.15) is 0 Å². The SMILES string of the molecule is NCCc1cncn1C(=O)C1CCCC1. The fraction of sp³-hybridized carbons (Fsp3) is 0.636. The van der Waals surface area contributed by atoms with Gasteiger partial charge in [0, 0.05) is 24.2 Å². The molecule has 1 heterocycles. The maximum atomic E-state index is 12.1. The van der Waals surface area contributed by atoms with Crippen LogP contribution in [-0.4, -0.2) is 22.0 Å². The zero-order valence-electron chi connectivity index (χ0n) is 8.85. The van der Waals surface area contributed by atoms with Gasteiger partial charge < -0.3 is 5.73 Å². The first kappa shape index (κ1) is 10.4. The fourth-order valence-electron chi connectivity index (χ4n) is 2.22. The number of hydrogen-bond acceptors (Lipinski definition) is 3. The number of imidazole rings is 1. The summed E-state index contributed by atoms with van der Waals surface area (Å²) in [5.74, 6) is 0.407. The van der Waals surface area contributed by atoms with Crippen LogP contribution in [0, 0.1) is 5.92 Å². The van der Waals surface area contributed by atoms with Crippen molar-refractivity contribution < 1.29 is 4.79 Å². The Balaban J connectivity index is 2.13. The highest BCUT2D eigenvalue weighted by Gasteiger charge is 2.24. The molecular weight excluding hydrogens is 190 g/mol. The fourth-order valence-corrected chi connectivity index (χ4v) is 2.22. The largest absolute Gasteiger partial charge is 0.330 e. The van der Waals surface area contributed by atoms with E-state index in [2.05, 4.69) is 4.98 Å². The molecule has 82 valence electrons. The molecule has 2 rings (SSSR count). The highest BCUT2D eigenvalue weighted by molar-refractivity contribution is 5.82. The second-order valence-electron chi connectivity index (χ2n) is 4.11. The summed E-state index contributed by atoms with van der Waals surface area (Å²) in [5.41, 5.74) is 6.43. The number of carbonyl (C=O) groups excluding carboxylic acids is 1. The van der Waals surface area contributed by atoms with Crippen molar-refractivity contribution in [3.63, 3.8) is 0 Å². The number of nitrogens with two attached hydrogens (primary N) is 1. The van der Waals surface area contributed by atoms with Gasteiger partial charge in [-0.05, 0) is 19.4 Å².